The molecule has 0 saturated carbocycles. The number of thiazole rings is 1. The van der Waals surface area contributed by atoms with Crippen molar-refractivity contribution in [3.05, 3.63) is 41.2 Å². The topological polar surface area (TPSA) is 24.9 Å². The first kappa shape index (κ1) is 14.5. The second-order valence-corrected chi connectivity index (χ2v) is 6.87. The van der Waals surface area contributed by atoms with Gasteiger partial charge in [0.15, 0.2) is 4.34 Å². The molecular weight excluding hydrogens is 279 g/mol. The molecule has 1 aromatic carbocycles. The fraction of sp³-hybridized carbons (Fsp3) is 0.357. The summed E-state index contributed by atoms with van der Waals surface area (Å²) in [4.78, 5) is 4.77. The quantitative estimate of drug-likeness (QED) is 0.865. The fourth-order valence-corrected chi connectivity index (χ4v) is 3.18. The molecule has 2 rings (SSSR count). The number of hydrogen-bond acceptors (Lipinski definition) is 4. The SMILES string of the molecule is CC(C)CNCc1ccc(Sc2nccs2)c(F)c1. The Labute approximate surface area is 121 Å². The van der Waals surface area contributed by atoms with Gasteiger partial charge in [0.1, 0.15) is 5.82 Å². The Kier molecular flexibility index (Phi) is 5.36. The number of halogens is 1. The minimum absolute atomic E-state index is 0.177. The summed E-state index contributed by atoms with van der Waals surface area (Å²) in [5, 5.41) is 5.20. The van der Waals surface area contributed by atoms with E-state index < -0.39 is 0 Å². The minimum Gasteiger partial charge on any atom is -0.312 e. The third-order valence-corrected chi connectivity index (χ3v) is 4.42. The largest absolute Gasteiger partial charge is 0.312 e. The summed E-state index contributed by atoms with van der Waals surface area (Å²) in [6, 6.07) is 5.39. The summed E-state index contributed by atoms with van der Waals surface area (Å²) in [5.41, 5.74) is 0.974. The molecular formula is C14H17FN2S2. The number of hydrogen-bond donors (Lipinski definition) is 1. The highest BCUT2D eigenvalue weighted by molar-refractivity contribution is 8.01. The molecule has 0 aliphatic carbocycles. The van der Waals surface area contributed by atoms with E-state index in [4.69, 9.17) is 0 Å². The standard InChI is InChI=1S/C14H17FN2S2/c1-10(2)8-16-9-11-3-4-13(12(15)7-11)19-14-17-5-6-18-14/h3-7,10,16H,8-9H2,1-2H3. The average Bonchev–Trinajstić information content (AvgIpc) is 2.85. The lowest BCUT2D eigenvalue weighted by Gasteiger charge is -2.08. The van der Waals surface area contributed by atoms with Gasteiger partial charge in [0.25, 0.3) is 0 Å². The smallest absolute Gasteiger partial charge is 0.154 e. The maximum Gasteiger partial charge on any atom is 0.154 e. The maximum atomic E-state index is 14.0. The first-order chi connectivity index (χ1) is 9.15. The zero-order chi connectivity index (χ0) is 13.7. The lowest BCUT2D eigenvalue weighted by Crippen LogP contribution is -2.18. The van der Waals surface area contributed by atoms with Gasteiger partial charge < -0.3 is 5.32 Å². The number of rotatable bonds is 6. The van der Waals surface area contributed by atoms with Crippen LogP contribution in [0.15, 0.2) is 39.0 Å². The predicted octanol–water partition coefficient (Wildman–Crippen LogP) is 4.18. The number of aromatic nitrogens is 1. The summed E-state index contributed by atoms with van der Waals surface area (Å²) in [7, 11) is 0. The van der Waals surface area contributed by atoms with Gasteiger partial charge in [0, 0.05) is 18.1 Å². The highest BCUT2D eigenvalue weighted by Gasteiger charge is 2.07. The number of nitrogens with one attached hydrogen (secondary N) is 1. The van der Waals surface area contributed by atoms with Crippen LogP contribution in [0.25, 0.3) is 0 Å². The average molecular weight is 296 g/mol. The Bertz CT molecular complexity index is 512. The Morgan fingerprint density at radius 2 is 2.26 bits per heavy atom. The van der Waals surface area contributed by atoms with Gasteiger partial charge in [0.2, 0.25) is 0 Å². The molecule has 102 valence electrons. The van der Waals surface area contributed by atoms with Gasteiger partial charge >= 0.3 is 0 Å². The van der Waals surface area contributed by atoms with Crippen LogP contribution in [0, 0.1) is 11.7 Å². The van der Waals surface area contributed by atoms with E-state index in [1.165, 1.54) is 23.1 Å². The lowest BCUT2D eigenvalue weighted by atomic mass is 10.2. The molecule has 0 aliphatic rings. The van der Waals surface area contributed by atoms with Gasteiger partial charge in [-0.25, -0.2) is 9.37 Å². The molecule has 0 spiro atoms. The fourth-order valence-electron chi connectivity index (χ4n) is 1.60. The molecule has 0 saturated heterocycles. The van der Waals surface area contributed by atoms with Crippen LogP contribution in [0.5, 0.6) is 0 Å². The molecule has 2 aromatic rings. The number of nitrogens with zero attached hydrogens (tertiary/aromatic N) is 1. The number of benzene rings is 1. The third kappa shape index (κ3) is 4.60. The van der Waals surface area contributed by atoms with Crippen molar-refractivity contribution < 1.29 is 4.39 Å². The van der Waals surface area contributed by atoms with E-state index in [0.717, 1.165) is 16.4 Å². The molecule has 0 fully saturated rings. The van der Waals surface area contributed by atoms with E-state index in [-0.39, 0.29) is 5.82 Å². The Hall–Kier alpha value is -0.910. The Balaban J connectivity index is 1.97. The molecule has 5 heteroatoms. The summed E-state index contributed by atoms with van der Waals surface area (Å²) in [6.07, 6.45) is 1.73. The maximum absolute atomic E-state index is 14.0. The van der Waals surface area contributed by atoms with Crippen molar-refractivity contribution >= 4 is 23.1 Å². The van der Waals surface area contributed by atoms with E-state index in [0.29, 0.717) is 17.4 Å². The van der Waals surface area contributed by atoms with Crippen LogP contribution >= 0.6 is 23.1 Å². The van der Waals surface area contributed by atoms with E-state index >= 15 is 0 Å². The molecule has 1 N–H and O–H groups in total. The van der Waals surface area contributed by atoms with Gasteiger partial charge in [-0.2, -0.15) is 0 Å². The van der Waals surface area contributed by atoms with Crippen LogP contribution in [-0.4, -0.2) is 11.5 Å². The van der Waals surface area contributed by atoms with Crippen molar-refractivity contribution in [2.75, 3.05) is 6.54 Å². The molecule has 1 aromatic heterocycles. The van der Waals surface area contributed by atoms with Crippen LogP contribution in [0.4, 0.5) is 4.39 Å². The van der Waals surface area contributed by atoms with Gasteiger partial charge in [0.05, 0.1) is 4.90 Å². The van der Waals surface area contributed by atoms with Crippen LogP contribution in [-0.2, 0) is 6.54 Å². The molecule has 0 amide bonds. The Morgan fingerprint density at radius 3 is 2.89 bits per heavy atom. The Morgan fingerprint density at radius 1 is 1.42 bits per heavy atom. The van der Waals surface area contributed by atoms with E-state index in [9.17, 15) is 4.39 Å². The summed E-state index contributed by atoms with van der Waals surface area (Å²) in [6.45, 7) is 5.96. The monoisotopic (exact) mass is 296 g/mol. The summed E-state index contributed by atoms with van der Waals surface area (Å²) in [5.74, 6) is 0.425. The van der Waals surface area contributed by atoms with Crippen molar-refractivity contribution in [2.45, 2.75) is 29.6 Å². The van der Waals surface area contributed by atoms with Crippen molar-refractivity contribution in [3.8, 4) is 0 Å². The van der Waals surface area contributed by atoms with E-state index in [1.807, 2.05) is 17.5 Å². The highest BCUT2D eigenvalue weighted by Crippen LogP contribution is 2.31. The van der Waals surface area contributed by atoms with E-state index in [1.54, 1.807) is 12.3 Å². The van der Waals surface area contributed by atoms with Crippen LogP contribution in [0.1, 0.15) is 19.4 Å². The molecule has 19 heavy (non-hydrogen) atoms. The summed E-state index contributed by atoms with van der Waals surface area (Å²) < 4.78 is 14.8. The molecule has 0 bridgehead atoms. The zero-order valence-electron chi connectivity index (χ0n) is 11.0. The first-order valence-corrected chi connectivity index (χ1v) is 7.91. The van der Waals surface area contributed by atoms with Gasteiger partial charge in [-0.3, -0.25) is 0 Å². The lowest BCUT2D eigenvalue weighted by molar-refractivity contribution is 0.548. The van der Waals surface area contributed by atoms with Crippen molar-refractivity contribution in [1.29, 1.82) is 0 Å². The zero-order valence-corrected chi connectivity index (χ0v) is 12.7. The van der Waals surface area contributed by atoms with Crippen molar-refractivity contribution in [1.82, 2.24) is 10.3 Å². The molecule has 0 atom stereocenters. The van der Waals surface area contributed by atoms with Crippen molar-refractivity contribution in [2.24, 2.45) is 5.92 Å². The second kappa shape index (κ2) is 7.03. The molecule has 2 nitrogen and oxygen atoms in total. The van der Waals surface area contributed by atoms with Crippen LogP contribution in [0.2, 0.25) is 0 Å². The predicted molar refractivity (Wildman–Crippen MR) is 79.2 cm³/mol. The van der Waals surface area contributed by atoms with Crippen molar-refractivity contribution in [3.63, 3.8) is 0 Å². The third-order valence-electron chi connectivity index (χ3n) is 2.48. The molecule has 0 unspecified atom stereocenters. The second-order valence-electron chi connectivity index (χ2n) is 4.69. The molecule has 0 aliphatic heterocycles. The highest BCUT2D eigenvalue weighted by atomic mass is 32.2. The molecule has 0 radical (unpaired) electrons. The molecule has 1 heterocycles. The first-order valence-electron chi connectivity index (χ1n) is 6.21. The minimum atomic E-state index is -0.177. The summed E-state index contributed by atoms with van der Waals surface area (Å²) >= 11 is 2.89. The van der Waals surface area contributed by atoms with Gasteiger partial charge in [-0.15, -0.1) is 11.3 Å². The van der Waals surface area contributed by atoms with E-state index in [2.05, 4.69) is 24.1 Å². The van der Waals surface area contributed by atoms with Crippen LogP contribution in [0.3, 0.4) is 0 Å². The van der Waals surface area contributed by atoms with Gasteiger partial charge in [-0.05, 0) is 30.2 Å². The normalized spacial score (nSPS) is 11.2. The van der Waals surface area contributed by atoms with Crippen LogP contribution < -0.4 is 5.32 Å². The van der Waals surface area contributed by atoms with Gasteiger partial charge in [-0.1, -0.05) is 31.7 Å².